The molecule has 0 aliphatic heterocycles. The number of rotatable bonds is 7. The van der Waals surface area contributed by atoms with E-state index in [0.717, 1.165) is 29.4 Å². The number of allylic oxidation sites excluding steroid dienone is 3. The number of ether oxygens (including phenoxy) is 1. The predicted molar refractivity (Wildman–Crippen MR) is 138 cm³/mol. The molecule has 172 valence electrons. The lowest BCUT2D eigenvalue weighted by molar-refractivity contribution is 0.148. The Bertz CT molecular complexity index is 907. The van der Waals surface area contributed by atoms with Crippen LogP contribution in [0.3, 0.4) is 0 Å². The van der Waals surface area contributed by atoms with Gasteiger partial charge in [0, 0.05) is 0 Å². The van der Waals surface area contributed by atoms with Crippen molar-refractivity contribution in [2.24, 2.45) is 23.7 Å². The molecule has 32 heavy (non-hydrogen) atoms. The molecule has 2 aliphatic rings. The zero-order chi connectivity index (χ0) is 22.3. The van der Waals surface area contributed by atoms with Gasteiger partial charge in [-0.2, -0.15) is 0 Å². The van der Waals surface area contributed by atoms with Crippen molar-refractivity contribution in [3.05, 3.63) is 66.3 Å². The van der Waals surface area contributed by atoms with Crippen LogP contribution < -0.4 is 4.74 Å². The van der Waals surface area contributed by atoms with Gasteiger partial charge >= 0.3 is 0 Å². The lowest BCUT2D eigenvalue weighted by Gasteiger charge is -2.39. The summed E-state index contributed by atoms with van der Waals surface area (Å²) in [6, 6.07) is 13.6. The maximum atomic E-state index is 5.82. The van der Waals surface area contributed by atoms with E-state index in [9.17, 15) is 0 Å². The average Bonchev–Trinajstić information content (AvgIpc) is 2.84. The van der Waals surface area contributed by atoms with Crippen LogP contribution in [0.5, 0.6) is 5.75 Å². The Labute approximate surface area is 195 Å². The third-order valence-electron chi connectivity index (χ3n) is 8.41. The Balaban J connectivity index is 1.32. The van der Waals surface area contributed by atoms with Crippen molar-refractivity contribution < 1.29 is 4.74 Å². The fourth-order valence-electron chi connectivity index (χ4n) is 6.33. The fourth-order valence-corrected chi connectivity index (χ4v) is 6.33. The van der Waals surface area contributed by atoms with Gasteiger partial charge in [-0.3, -0.25) is 0 Å². The monoisotopic (exact) mass is 430 g/mol. The minimum absolute atomic E-state index is 0.636. The Kier molecular flexibility index (Phi) is 8.11. The van der Waals surface area contributed by atoms with Crippen LogP contribution in [0, 0.1) is 23.7 Å². The smallest absolute Gasteiger partial charge is 0.120 e. The van der Waals surface area contributed by atoms with Crippen LogP contribution in [0.25, 0.3) is 10.8 Å². The highest BCUT2D eigenvalue weighted by Crippen LogP contribution is 2.45. The molecule has 2 saturated carbocycles. The molecule has 0 amide bonds. The van der Waals surface area contributed by atoms with Gasteiger partial charge in [0.2, 0.25) is 0 Å². The van der Waals surface area contributed by atoms with Gasteiger partial charge in [0.05, 0.1) is 0 Å². The first-order valence-corrected chi connectivity index (χ1v) is 13.1. The molecule has 0 radical (unpaired) electrons. The summed E-state index contributed by atoms with van der Waals surface area (Å²) in [6.07, 6.45) is 20.3. The molecule has 0 heterocycles. The van der Waals surface area contributed by atoms with Gasteiger partial charge in [-0.25, -0.2) is 0 Å². The van der Waals surface area contributed by atoms with Crippen LogP contribution >= 0.6 is 0 Å². The molecule has 0 spiro atoms. The normalized spacial score (nSPS) is 27.8. The minimum atomic E-state index is 0.636. The molecular weight excluding hydrogens is 388 g/mol. The highest BCUT2D eigenvalue weighted by molar-refractivity contribution is 5.84. The summed E-state index contributed by atoms with van der Waals surface area (Å²) in [7, 11) is 0. The lowest BCUT2D eigenvalue weighted by Crippen LogP contribution is -2.27. The molecule has 0 bridgehead atoms. The van der Waals surface area contributed by atoms with E-state index in [4.69, 9.17) is 4.74 Å². The van der Waals surface area contributed by atoms with Gasteiger partial charge in [-0.05, 0) is 123 Å². The molecule has 0 N–H and O–H groups in total. The number of hydrogen-bond acceptors (Lipinski definition) is 1. The van der Waals surface area contributed by atoms with E-state index < -0.39 is 0 Å². The van der Waals surface area contributed by atoms with Gasteiger partial charge in [-0.1, -0.05) is 55.5 Å². The highest BCUT2D eigenvalue weighted by Gasteiger charge is 2.32. The second kappa shape index (κ2) is 11.2. The van der Waals surface area contributed by atoms with Crippen molar-refractivity contribution in [3.63, 3.8) is 0 Å². The number of fused-ring (bicyclic) bond motifs is 1. The Hall–Kier alpha value is -2.02. The zero-order valence-electron chi connectivity index (χ0n) is 20.4. The Morgan fingerprint density at radius 3 is 2.16 bits per heavy atom. The van der Waals surface area contributed by atoms with Crippen LogP contribution in [0.1, 0.15) is 83.6 Å². The standard InChI is InChI=1S/C31H42O/c1-4-6-20-32-31-19-18-29-21-28(16-17-30(29)22-31)23(3)25-12-14-27(15-13-25)26-10-8-24(7-5-2)9-11-26/h4-7,16-19,21-27H,8-15,20H2,1-3H3/b6-4+,7-5+. The molecule has 0 aromatic heterocycles. The highest BCUT2D eigenvalue weighted by atomic mass is 16.5. The predicted octanol–water partition coefficient (Wildman–Crippen LogP) is 9.09. The summed E-state index contributed by atoms with van der Waals surface area (Å²) in [5.74, 6) is 5.29. The van der Waals surface area contributed by atoms with Crippen molar-refractivity contribution in [3.8, 4) is 5.75 Å². The molecule has 1 atom stereocenters. The van der Waals surface area contributed by atoms with Crippen molar-refractivity contribution in [1.29, 1.82) is 0 Å². The maximum absolute atomic E-state index is 5.82. The SMILES string of the molecule is C/C=C/COc1ccc2cc(C(C)C3CCC(C4CCC(/C=C/C)CC4)CC3)ccc2c1. The summed E-state index contributed by atoms with van der Waals surface area (Å²) >= 11 is 0. The summed E-state index contributed by atoms with van der Waals surface area (Å²) in [6.45, 7) is 7.29. The summed E-state index contributed by atoms with van der Waals surface area (Å²) < 4.78 is 5.82. The number of hydrogen-bond donors (Lipinski definition) is 0. The van der Waals surface area contributed by atoms with Crippen molar-refractivity contribution in [2.75, 3.05) is 6.61 Å². The van der Waals surface area contributed by atoms with Crippen LogP contribution in [-0.4, -0.2) is 6.61 Å². The molecule has 1 heteroatoms. The van der Waals surface area contributed by atoms with E-state index in [1.807, 2.05) is 19.1 Å². The molecule has 0 saturated heterocycles. The third-order valence-corrected chi connectivity index (χ3v) is 8.41. The molecule has 2 aliphatic carbocycles. The fraction of sp³-hybridized carbons (Fsp3) is 0.548. The molecule has 2 aromatic carbocycles. The average molecular weight is 431 g/mol. The molecule has 2 fully saturated rings. The van der Waals surface area contributed by atoms with Crippen LogP contribution in [0.4, 0.5) is 0 Å². The van der Waals surface area contributed by atoms with E-state index in [0.29, 0.717) is 12.5 Å². The van der Waals surface area contributed by atoms with Gasteiger partial charge in [-0.15, -0.1) is 0 Å². The molecule has 1 nitrogen and oxygen atoms in total. The van der Waals surface area contributed by atoms with Gasteiger partial charge < -0.3 is 4.74 Å². The summed E-state index contributed by atoms with van der Waals surface area (Å²) in [5.41, 5.74) is 1.51. The van der Waals surface area contributed by atoms with E-state index >= 15 is 0 Å². The third kappa shape index (κ3) is 5.66. The quantitative estimate of drug-likeness (QED) is 0.398. The maximum Gasteiger partial charge on any atom is 0.120 e. The topological polar surface area (TPSA) is 9.23 Å². The van der Waals surface area contributed by atoms with Gasteiger partial charge in [0.15, 0.2) is 0 Å². The van der Waals surface area contributed by atoms with Crippen molar-refractivity contribution >= 4 is 10.8 Å². The largest absolute Gasteiger partial charge is 0.490 e. The van der Waals surface area contributed by atoms with Gasteiger partial charge in [0.1, 0.15) is 12.4 Å². The first-order valence-electron chi connectivity index (χ1n) is 13.1. The van der Waals surface area contributed by atoms with E-state index in [-0.39, 0.29) is 0 Å². The van der Waals surface area contributed by atoms with Crippen molar-refractivity contribution in [2.45, 2.75) is 78.1 Å². The van der Waals surface area contributed by atoms with Gasteiger partial charge in [0.25, 0.3) is 0 Å². The number of benzene rings is 2. The van der Waals surface area contributed by atoms with E-state index in [1.54, 1.807) is 0 Å². The first kappa shape index (κ1) is 23.1. The van der Waals surface area contributed by atoms with E-state index in [1.165, 1.54) is 67.7 Å². The summed E-state index contributed by atoms with van der Waals surface area (Å²) in [4.78, 5) is 0. The summed E-state index contributed by atoms with van der Waals surface area (Å²) in [5, 5.41) is 2.61. The van der Waals surface area contributed by atoms with E-state index in [2.05, 4.69) is 62.4 Å². The second-order valence-electron chi connectivity index (χ2n) is 10.3. The molecule has 4 rings (SSSR count). The minimum Gasteiger partial charge on any atom is -0.490 e. The lowest BCUT2D eigenvalue weighted by atomic mass is 9.67. The Morgan fingerprint density at radius 1 is 0.812 bits per heavy atom. The Morgan fingerprint density at radius 2 is 1.47 bits per heavy atom. The molecule has 2 aromatic rings. The van der Waals surface area contributed by atoms with Crippen LogP contribution in [0.2, 0.25) is 0 Å². The van der Waals surface area contributed by atoms with Crippen molar-refractivity contribution in [1.82, 2.24) is 0 Å². The zero-order valence-corrected chi connectivity index (χ0v) is 20.4. The second-order valence-corrected chi connectivity index (χ2v) is 10.3. The molecular formula is C31H42O. The first-order chi connectivity index (χ1) is 15.7. The van der Waals surface area contributed by atoms with Crippen LogP contribution in [-0.2, 0) is 0 Å². The molecule has 1 unspecified atom stereocenters. The van der Waals surface area contributed by atoms with Crippen LogP contribution in [0.15, 0.2) is 60.7 Å².